The Balaban J connectivity index is 1.82. The van der Waals surface area contributed by atoms with E-state index < -0.39 is 6.02 Å². The van der Waals surface area contributed by atoms with Crippen molar-refractivity contribution < 1.29 is 5.79 Å². The Hall–Kier alpha value is -3.08. The first kappa shape index (κ1) is 15.0. The average Bonchev–Trinajstić information content (AvgIpc) is 3.16. The molecule has 0 fully saturated rings. The second kappa shape index (κ2) is 5.71. The molecule has 0 bridgehead atoms. The van der Waals surface area contributed by atoms with Crippen LogP contribution in [-0.4, -0.2) is 22.2 Å². The molecule has 1 atom stereocenters. The molecule has 1 aliphatic heterocycles. The quantitative estimate of drug-likeness (QED) is 0.480. The molecule has 3 aromatic heterocycles. The SMILES string of the molecule is [2H]C(C)(C)N1c2ncccc2N(c2c(C)ccc3c2oc2ncccc23)C1C. The van der Waals surface area contributed by atoms with E-state index in [-0.39, 0.29) is 6.17 Å². The Kier molecular flexibility index (Phi) is 3.18. The first-order chi connectivity index (χ1) is 13.4. The van der Waals surface area contributed by atoms with Gasteiger partial charge in [-0.25, -0.2) is 9.97 Å². The van der Waals surface area contributed by atoms with Crippen LogP contribution >= 0.6 is 0 Å². The number of hydrogen-bond donors (Lipinski definition) is 0. The van der Waals surface area contributed by atoms with E-state index in [2.05, 4.69) is 46.9 Å². The van der Waals surface area contributed by atoms with E-state index in [1.165, 1.54) is 0 Å². The summed E-state index contributed by atoms with van der Waals surface area (Å²) in [5.41, 5.74) is 4.56. The third kappa shape index (κ3) is 2.17. The van der Waals surface area contributed by atoms with E-state index in [9.17, 15) is 0 Å². The van der Waals surface area contributed by atoms with Crippen LogP contribution in [0.15, 0.2) is 53.2 Å². The summed E-state index contributed by atoms with van der Waals surface area (Å²) in [6, 6.07) is 11.4. The number of aryl methyl sites for hydroxylation is 1. The van der Waals surface area contributed by atoms with Crippen LogP contribution in [0, 0.1) is 6.92 Å². The fourth-order valence-electron chi connectivity index (χ4n) is 4.21. The molecule has 1 aromatic carbocycles. The zero-order valence-electron chi connectivity index (χ0n) is 16.9. The Labute approximate surface area is 159 Å². The predicted octanol–water partition coefficient (Wildman–Crippen LogP) is 5.40. The van der Waals surface area contributed by atoms with Gasteiger partial charge >= 0.3 is 0 Å². The summed E-state index contributed by atoms with van der Waals surface area (Å²) in [7, 11) is 0. The molecular weight excluding hydrogens is 336 g/mol. The Morgan fingerprint density at radius 2 is 1.85 bits per heavy atom. The third-order valence-electron chi connectivity index (χ3n) is 5.32. The standard InChI is InChI=1S/C22H22N4O/c1-13(2)25-15(4)26(18-8-6-11-23-21(18)25)19-14(3)9-10-16-17-7-5-12-24-22(17)27-20(16)19/h5-13,15H,1-4H3/i13D. The average molecular weight is 359 g/mol. The number of pyridine rings is 2. The molecule has 27 heavy (non-hydrogen) atoms. The fourth-order valence-corrected chi connectivity index (χ4v) is 4.21. The van der Waals surface area contributed by atoms with E-state index in [4.69, 9.17) is 5.79 Å². The summed E-state index contributed by atoms with van der Waals surface area (Å²) in [5, 5.41) is 2.06. The van der Waals surface area contributed by atoms with Gasteiger partial charge in [0.1, 0.15) is 6.17 Å². The molecule has 0 spiro atoms. The van der Waals surface area contributed by atoms with Crippen LogP contribution in [0.3, 0.4) is 0 Å². The lowest BCUT2D eigenvalue weighted by Gasteiger charge is -2.33. The molecule has 0 aliphatic carbocycles. The molecule has 136 valence electrons. The summed E-state index contributed by atoms with van der Waals surface area (Å²) < 4.78 is 14.9. The second-order valence-corrected chi connectivity index (χ2v) is 7.23. The fraction of sp³-hybridized carbons (Fsp3) is 0.273. The summed E-state index contributed by atoms with van der Waals surface area (Å²) in [6.07, 6.45) is 3.45. The van der Waals surface area contributed by atoms with Gasteiger partial charge < -0.3 is 14.2 Å². The zero-order valence-corrected chi connectivity index (χ0v) is 15.9. The van der Waals surface area contributed by atoms with Crippen molar-refractivity contribution in [1.29, 1.82) is 0 Å². The van der Waals surface area contributed by atoms with Crippen LogP contribution in [-0.2, 0) is 0 Å². The van der Waals surface area contributed by atoms with Gasteiger partial charge in [0.15, 0.2) is 11.4 Å². The summed E-state index contributed by atoms with van der Waals surface area (Å²) >= 11 is 0. The van der Waals surface area contributed by atoms with Gasteiger partial charge in [0, 0.05) is 29.2 Å². The van der Waals surface area contributed by atoms with Crippen LogP contribution < -0.4 is 9.80 Å². The highest BCUT2D eigenvalue weighted by Crippen LogP contribution is 2.47. The number of nitrogens with zero attached hydrogens (tertiary/aromatic N) is 4. The monoisotopic (exact) mass is 359 g/mol. The van der Waals surface area contributed by atoms with Crippen molar-refractivity contribution in [2.45, 2.75) is 39.9 Å². The molecule has 4 heterocycles. The molecule has 5 rings (SSSR count). The molecule has 1 unspecified atom stereocenters. The van der Waals surface area contributed by atoms with Gasteiger partial charge in [-0.15, -0.1) is 0 Å². The van der Waals surface area contributed by atoms with E-state index in [1.807, 2.05) is 36.9 Å². The van der Waals surface area contributed by atoms with Gasteiger partial charge in [0.25, 0.3) is 0 Å². The van der Waals surface area contributed by atoms with Crippen molar-refractivity contribution in [1.82, 2.24) is 9.97 Å². The molecule has 5 nitrogen and oxygen atoms in total. The van der Waals surface area contributed by atoms with Crippen molar-refractivity contribution in [3.63, 3.8) is 0 Å². The molecule has 0 radical (unpaired) electrons. The summed E-state index contributed by atoms with van der Waals surface area (Å²) in [6.45, 7) is 7.98. The molecular formula is C22H22N4O. The number of anilines is 3. The minimum atomic E-state index is -0.811. The molecule has 5 heteroatoms. The van der Waals surface area contributed by atoms with Gasteiger partial charge in [-0.2, -0.15) is 0 Å². The maximum atomic E-state index is 8.67. The minimum absolute atomic E-state index is 0.0807. The van der Waals surface area contributed by atoms with Crippen molar-refractivity contribution in [2.24, 2.45) is 0 Å². The first-order valence-electron chi connectivity index (χ1n) is 9.68. The van der Waals surface area contributed by atoms with Crippen molar-refractivity contribution in [3.8, 4) is 0 Å². The zero-order chi connectivity index (χ0) is 19.6. The van der Waals surface area contributed by atoms with Crippen molar-refractivity contribution >= 4 is 39.3 Å². The van der Waals surface area contributed by atoms with Crippen LogP contribution in [0.5, 0.6) is 0 Å². The van der Waals surface area contributed by atoms with E-state index >= 15 is 0 Å². The number of hydrogen-bond acceptors (Lipinski definition) is 5. The molecule has 4 aromatic rings. The maximum absolute atomic E-state index is 8.67. The maximum Gasteiger partial charge on any atom is 0.227 e. The van der Waals surface area contributed by atoms with Crippen LogP contribution in [0.25, 0.3) is 22.1 Å². The van der Waals surface area contributed by atoms with E-state index in [1.54, 1.807) is 12.4 Å². The van der Waals surface area contributed by atoms with Crippen LogP contribution in [0.2, 0.25) is 0 Å². The Morgan fingerprint density at radius 3 is 2.67 bits per heavy atom. The minimum Gasteiger partial charge on any atom is -0.435 e. The smallest absolute Gasteiger partial charge is 0.227 e. The second-order valence-electron chi connectivity index (χ2n) is 7.23. The van der Waals surface area contributed by atoms with Gasteiger partial charge in [0.2, 0.25) is 5.71 Å². The highest BCUT2D eigenvalue weighted by molar-refractivity contribution is 6.09. The summed E-state index contributed by atoms with van der Waals surface area (Å²) in [4.78, 5) is 13.3. The third-order valence-corrected chi connectivity index (χ3v) is 5.32. The highest BCUT2D eigenvalue weighted by atomic mass is 16.3. The van der Waals surface area contributed by atoms with Crippen molar-refractivity contribution in [3.05, 3.63) is 54.4 Å². The van der Waals surface area contributed by atoms with Crippen LogP contribution in [0.4, 0.5) is 17.2 Å². The lowest BCUT2D eigenvalue weighted by atomic mass is 10.1. The van der Waals surface area contributed by atoms with Gasteiger partial charge in [-0.1, -0.05) is 12.1 Å². The topological polar surface area (TPSA) is 45.4 Å². The number of fused-ring (bicyclic) bond motifs is 4. The van der Waals surface area contributed by atoms with Crippen molar-refractivity contribution in [2.75, 3.05) is 9.80 Å². The Bertz CT molecular complexity index is 1210. The lowest BCUT2D eigenvalue weighted by molar-refractivity contribution is 0.597. The molecule has 0 amide bonds. The molecule has 0 N–H and O–H groups in total. The molecule has 0 saturated heterocycles. The lowest BCUT2D eigenvalue weighted by Crippen LogP contribution is -2.42. The van der Waals surface area contributed by atoms with E-state index in [0.717, 1.165) is 39.1 Å². The summed E-state index contributed by atoms with van der Waals surface area (Å²) in [5.74, 6) is 0.820. The van der Waals surface area contributed by atoms with E-state index in [0.29, 0.717) is 5.71 Å². The number of rotatable bonds is 2. The normalized spacial score (nSPS) is 17.6. The van der Waals surface area contributed by atoms with Gasteiger partial charge in [-0.05, 0) is 57.5 Å². The predicted molar refractivity (Wildman–Crippen MR) is 110 cm³/mol. The largest absolute Gasteiger partial charge is 0.435 e. The Morgan fingerprint density at radius 1 is 1.07 bits per heavy atom. The highest BCUT2D eigenvalue weighted by Gasteiger charge is 2.38. The molecule has 0 saturated carbocycles. The van der Waals surface area contributed by atoms with Gasteiger partial charge in [0.05, 0.1) is 12.7 Å². The number of furan rings is 1. The first-order valence-corrected chi connectivity index (χ1v) is 9.18. The van der Waals surface area contributed by atoms with Crippen LogP contribution in [0.1, 0.15) is 27.7 Å². The number of aromatic nitrogens is 2. The molecule has 1 aliphatic rings. The van der Waals surface area contributed by atoms with Gasteiger partial charge in [-0.3, -0.25) is 0 Å². The number of benzene rings is 1.